The van der Waals surface area contributed by atoms with Crippen LogP contribution in [-0.4, -0.2) is 20.5 Å². The van der Waals surface area contributed by atoms with Crippen molar-refractivity contribution in [1.29, 1.82) is 0 Å². The van der Waals surface area contributed by atoms with Crippen molar-refractivity contribution in [2.75, 3.05) is 11.2 Å². The molecule has 0 bridgehead atoms. The summed E-state index contributed by atoms with van der Waals surface area (Å²) in [5.41, 5.74) is 1.14. The predicted octanol–water partition coefficient (Wildman–Crippen LogP) is 3.55. The van der Waals surface area contributed by atoms with E-state index in [9.17, 15) is 4.79 Å². The average Bonchev–Trinajstić information content (AvgIpc) is 2.81. The Bertz CT molecular complexity index is 597. The van der Waals surface area contributed by atoms with Crippen LogP contribution in [-0.2, 0) is 4.79 Å². The second kappa shape index (κ2) is 4.99. The first-order valence-electron chi connectivity index (χ1n) is 5.24. The van der Waals surface area contributed by atoms with Crippen molar-refractivity contribution in [2.24, 2.45) is 5.41 Å². The number of carbonyl (C=O) groups is 1. The van der Waals surface area contributed by atoms with Crippen molar-refractivity contribution >= 4 is 57.6 Å². The van der Waals surface area contributed by atoms with Crippen molar-refractivity contribution in [3.8, 4) is 0 Å². The van der Waals surface area contributed by atoms with Crippen LogP contribution in [0.2, 0.25) is 5.02 Å². The van der Waals surface area contributed by atoms with Gasteiger partial charge < -0.3 is 5.32 Å². The van der Waals surface area contributed by atoms with E-state index >= 15 is 0 Å². The van der Waals surface area contributed by atoms with E-state index in [4.69, 9.17) is 23.2 Å². The molecule has 0 spiro atoms. The summed E-state index contributed by atoms with van der Waals surface area (Å²) in [5.74, 6) is 0.0294. The first-order chi connectivity index (χ1) is 8.45. The second-order valence-corrected chi connectivity index (χ2v) is 5.73. The van der Waals surface area contributed by atoms with Gasteiger partial charge in [-0.25, -0.2) is 0 Å². The second-order valence-electron chi connectivity index (χ2n) is 4.53. The number of alkyl halides is 1. The van der Waals surface area contributed by atoms with Gasteiger partial charge in [-0.05, 0) is 26.0 Å². The number of anilines is 1. The summed E-state index contributed by atoms with van der Waals surface area (Å²) in [7, 11) is 0. The van der Waals surface area contributed by atoms with Gasteiger partial charge in [0.15, 0.2) is 0 Å². The van der Waals surface area contributed by atoms with E-state index in [1.807, 2.05) is 0 Å². The van der Waals surface area contributed by atoms with Gasteiger partial charge >= 0.3 is 0 Å². The molecule has 1 heterocycles. The van der Waals surface area contributed by atoms with Gasteiger partial charge in [-0.3, -0.25) is 4.79 Å². The van der Waals surface area contributed by atoms with E-state index in [2.05, 4.69) is 14.1 Å². The molecule has 0 saturated heterocycles. The van der Waals surface area contributed by atoms with Gasteiger partial charge in [0.25, 0.3) is 0 Å². The lowest BCUT2D eigenvalue weighted by molar-refractivity contribution is -0.122. The van der Waals surface area contributed by atoms with Gasteiger partial charge in [0, 0.05) is 5.88 Å². The maximum atomic E-state index is 12.1. The maximum absolute atomic E-state index is 12.1. The molecule has 0 fully saturated rings. The predicted molar refractivity (Wildman–Crippen MR) is 75.6 cm³/mol. The van der Waals surface area contributed by atoms with Crippen molar-refractivity contribution in [2.45, 2.75) is 13.8 Å². The van der Waals surface area contributed by atoms with E-state index in [-0.39, 0.29) is 11.8 Å². The normalized spacial score (nSPS) is 11.8. The zero-order valence-corrected chi connectivity index (χ0v) is 12.2. The highest BCUT2D eigenvalue weighted by Crippen LogP contribution is 2.31. The highest BCUT2D eigenvalue weighted by atomic mass is 35.5. The highest BCUT2D eigenvalue weighted by Gasteiger charge is 2.27. The van der Waals surface area contributed by atoms with Crippen LogP contribution in [0.4, 0.5) is 5.69 Å². The number of carbonyl (C=O) groups excluding carboxylic acids is 1. The summed E-state index contributed by atoms with van der Waals surface area (Å²) in [6.07, 6.45) is 0. The minimum Gasteiger partial charge on any atom is -0.322 e. The summed E-state index contributed by atoms with van der Waals surface area (Å²) in [6, 6.07) is 3.46. The zero-order valence-electron chi connectivity index (χ0n) is 9.83. The van der Waals surface area contributed by atoms with Crippen molar-refractivity contribution in [3.63, 3.8) is 0 Å². The first kappa shape index (κ1) is 13.5. The largest absolute Gasteiger partial charge is 0.322 e. The number of benzene rings is 1. The molecule has 0 unspecified atom stereocenters. The third-order valence-electron chi connectivity index (χ3n) is 2.56. The summed E-state index contributed by atoms with van der Waals surface area (Å²) in [6.45, 7) is 3.53. The molecule has 0 saturated carbocycles. The summed E-state index contributed by atoms with van der Waals surface area (Å²) >= 11 is 12.9. The minimum atomic E-state index is -0.670. The molecular formula is C11H11Cl2N3OS. The van der Waals surface area contributed by atoms with Crippen LogP contribution >= 0.6 is 34.9 Å². The topological polar surface area (TPSA) is 54.9 Å². The number of nitrogens with zero attached hydrogens (tertiary/aromatic N) is 2. The zero-order chi connectivity index (χ0) is 13.3. The van der Waals surface area contributed by atoms with E-state index in [1.165, 1.54) is 0 Å². The van der Waals surface area contributed by atoms with Crippen LogP contribution < -0.4 is 5.32 Å². The molecule has 1 aromatic heterocycles. The molecule has 1 N–H and O–H groups in total. The van der Waals surface area contributed by atoms with Gasteiger partial charge in [0.05, 0.1) is 27.9 Å². The number of hydrogen-bond donors (Lipinski definition) is 1. The van der Waals surface area contributed by atoms with E-state index in [1.54, 1.807) is 26.0 Å². The van der Waals surface area contributed by atoms with E-state index in [0.717, 1.165) is 11.7 Å². The van der Waals surface area contributed by atoms with Gasteiger partial charge in [-0.1, -0.05) is 11.6 Å². The summed E-state index contributed by atoms with van der Waals surface area (Å²) in [4.78, 5) is 12.1. The molecule has 0 atom stereocenters. The van der Waals surface area contributed by atoms with Crippen LogP contribution in [0.3, 0.4) is 0 Å². The Balaban J connectivity index is 2.40. The van der Waals surface area contributed by atoms with E-state index < -0.39 is 5.41 Å². The Morgan fingerprint density at radius 3 is 2.83 bits per heavy atom. The van der Waals surface area contributed by atoms with Gasteiger partial charge in [0.2, 0.25) is 5.91 Å². The smallest absolute Gasteiger partial charge is 0.231 e. The fourth-order valence-electron chi connectivity index (χ4n) is 1.29. The molecule has 0 aliphatic heterocycles. The fraction of sp³-hybridized carbons (Fsp3) is 0.364. The van der Waals surface area contributed by atoms with Crippen LogP contribution in [0, 0.1) is 5.41 Å². The monoisotopic (exact) mass is 303 g/mol. The highest BCUT2D eigenvalue weighted by molar-refractivity contribution is 7.00. The molecule has 2 aromatic rings. The number of rotatable bonds is 3. The third-order valence-corrected chi connectivity index (χ3v) is 4.09. The molecule has 1 aromatic carbocycles. The fourth-order valence-corrected chi connectivity index (χ4v) is 2.15. The molecular weight excluding hydrogens is 293 g/mol. The molecule has 0 radical (unpaired) electrons. The number of fused-ring (bicyclic) bond motifs is 1. The molecule has 0 aliphatic rings. The molecule has 18 heavy (non-hydrogen) atoms. The van der Waals surface area contributed by atoms with Gasteiger partial charge in [0.1, 0.15) is 11.0 Å². The Morgan fingerprint density at radius 2 is 2.17 bits per heavy atom. The lowest BCUT2D eigenvalue weighted by atomic mass is 9.95. The Morgan fingerprint density at radius 1 is 1.44 bits per heavy atom. The van der Waals surface area contributed by atoms with Crippen LogP contribution in [0.25, 0.3) is 11.0 Å². The number of hydrogen-bond acceptors (Lipinski definition) is 4. The SMILES string of the molecule is CC(C)(CCl)C(=O)Nc1c(Cl)ccc2nsnc12. The molecule has 0 aliphatic carbocycles. The average molecular weight is 304 g/mol. The van der Waals surface area contributed by atoms with Crippen molar-refractivity contribution in [1.82, 2.24) is 8.75 Å². The molecule has 7 heteroatoms. The van der Waals surface area contributed by atoms with Gasteiger partial charge in [-0.15, -0.1) is 11.6 Å². The first-order valence-corrected chi connectivity index (χ1v) is 6.88. The molecule has 96 valence electrons. The van der Waals surface area contributed by atoms with Crippen molar-refractivity contribution < 1.29 is 4.79 Å². The Kier molecular flexibility index (Phi) is 3.75. The summed E-state index contributed by atoms with van der Waals surface area (Å²) in [5, 5.41) is 3.22. The number of amides is 1. The number of aromatic nitrogens is 2. The third kappa shape index (κ3) is 2.43. The molecule has 4 nitrogen and oxygen atoms in total. The maximum Gasteiger partial charge on any atom is 0.231 e. The van der Waals surface area contributed by atoms with Gasteiger partial charge in [-0.2, -0.15) is 8.75 Å². The summed E-state index contributed by atoms with van der Waals surface area (Å²) < 4.78 is 8.24. The molecule has 1 amide bonds. The Labute approximate surface area is 119 Å². The molecule has 2 rings (SSSR count). The number of halogens is 2. The lowest BCUT2D eigenvalue weighted by Gasteiger charge is -2.20. The van der Waals surface area contributed by atoms with Crippen LogP contribution in [0.15, 0.2) is 12.1 Å². The quantitative estimate of drug-likeness (QED) is 0.882. The van der Waals surface area contributed by atoms with Crippen molar-refractivity contribution in [3.05, 3.63) is 17.2 Å². The lowest BCUT2D eigenvalue weighted by Crippen LogP contribution is -2.32. The number of nitrogens with one attached hydrogen (secondary N) is 1. The minimum absolute atomic E-state index is 0.195. The van der Waals surface area contributed by atoms with Crippen LogP contribution in [0.5, 0.6) is 0 Å². The Hall–Kier alpha value is -0.910. The van der Waals surface area contributed by atoms with E-state index in [0.29, 0.717) is 21.7 Å². The standard InChI is InChI=1S/C11H11Cl2N3OS/c1-11(2,5-12)10(17)14-8-6(13)3-4-7-9(8)16-18-15-7/h3-4H,5H2,1-2H3,(H,14,17). The van der Waals surface area contributed by atoms with Crippen LogP contribution in [0.1, 0.15) is 13.8 Å².